The Morgan fingerprint density at radius 1 is 1.09 bits per heavy atom. The van der Waals surface area contributed by atoms with Gasteiger partial charge in [0.2, 0.25) is 0 Å². The lowest BCUT2D eigenvalue weighted by Crippen LogP contribution is -2.30. The Bertz CT molecular complexity index is 802. The molecule has 1 saturated heterocycles. The summed E-state index contributed by atoms with van der Waals surface area (Å²) in [6.45, 7) is -0.116. The second-order valence-corrected chi connectivity index (χ2v) is 5.46. The normalized spacial score (nSPS) is 16.1. The molecule has 0 unspecified atom stereocenters. The number of halogens is 2. The van der Waals surface area contributed by atoms with Crippen LogP contribution in [0, 0.1) is 5.82 Å². The van der Waals surface area contributed by atoms with Crippen LogP contribution in [0.1, 0.15) is 11.1 Å². The zero-order valence-electron chi connectivity index (χ0n) is 11.9. The lowest BCUT2D eigenvalue weighted by molar-refractivity contribution is -0.123. The molecule has 3 amide bonds. The summed E-state index contributed by atoms with van der Waals surface area (Å²) in [6.07, 6.45) is 1.55. The van der Waals surface area contributed by atoms with E-state index in [4.69, 9.17) is 11.6 Å². The number of nitrogens with zero attached hydrogens (tertiary/aromatic N) is 1. The molecule has 0 saturated carbocycles. The standard InChI is InChI=1S/C17H12ClFN2O2/c18-13-7-5-11(6-8-13)9-15-16(22)21(17(23)20-15)10-12-3-1-2-4-14(12)19/h1-9H,10H2,(H,20,23)/b15-9-. The third-order valence-corrected chi connectivity index (χ3v) is 3.68. The predicted molar refractivity (Wildman–Crippen MR) is 84.9 cm³/mol. The fraction of sp³-hybridized carbons (Fsp3) is 0.0588. The molecule has 1 fully saturated rings. The SMILES string of the molecule is O=C1N/C(=C\c2ccc(Cl)cc2)C(=O)N1Cc1ccccc1F. The van der Waals surface area contributed by atoms with Gasteiger partial charge < -0.3 is 5.32 Å². The van der Waals surface area contributed by atoms with E-state index in [-0.39, 0.29) is 17.8 Å². The van der Waals surface area contributed by atoms with Crippen molar-refractivity contribution in [3.8, 4) is 0 Å². The Kier molecular flexibility index (Phi) is 4.12. The molecule has 0 radical (unpaired) electrons. The third-order valence-electron chi connectivity index (χ3n) is 3.43. The molecular weight excluding hydrogens is 319 g/mol. The van der Waals surface area contributed by atoms with E-state index in [2.05, 4.69) is 5.32 Å². The summed E-state index contributed by atoms with van der Waals surface area (Å²) in [5, 5.41) is 3.08. The van der Waals surface area contributed by atoms with Gasteiger partial charge in [-0.15, -0.1) is 0 Å². The number of amides is 3. The van der Waals surface area contributed by atoms with Crippen LogP contribution in [-0.4, -0.2) is 16.8 Å². The van der Waals surface area contributed by atoms with Crippen molar-refractivity contribution in [2.45, 2.75) is 6.54 Å². The molecule has 1 aliphatic heterocycles. The topological polar surface area (TPSA) is 49.4 Å². The molecule has 0 bridgehead atoms. The van der Waals surface area contributed by atoms with Crippen molar-refractivity contribution in [1.82, 2.24) is 10.2 Å². The highest BCUT2D eigenvalue weighted by atomic mass is 35.5. The maximum Gasteiger partial charge on any atom is 0.329 e. The molecule has 0 atom stereocenters. The minimum atomic E-state index is -0.571. The summed E-state index contributed by atoms with van der Waals surface area (Å²) >= 11 is 5.81. The Balaban J connectivity index is 1.82. The molecule has 4 nitrogen and oxygen atoms in total. The largest absolute Gasteiger partial charge is 0.329 e. The third kappa shape index (κ3) is 3.24. The van der Waals surface area contributed by atoms with Crippen LogP contribution in [0.5, 0.6) is 0 Å². The van der Waals surface area contributed by atoms with Crippen molar-refractivity contribution in [2.24, 2.45) is 0 Å². The Morgan fingerprint density at radius 2 is 1.78 bits per heavy atom. The summed E-state index contributed by atoms with van der Waals surface area (Å²) in [7, 11) is 0. The second kappa shape index (κ2) is 6.22. The summed E-state index contributed by atoms with van der Waals surface area (Å²) in [5.41, 5.74) is 1.16. The van der Waals surface area contributed by atoms with Crippen molar-refractivity contribution < 1.29 is 14.0 Å². The number of benzene rings is 2. The van der Waals surface area contributed by atoms with E-state index in [1.165, 1.54) is 12.1 Å². The zero-order valence-corrected chi connectivity index (χ0v) is 12.7. The molecule has 1 aliphatic rings. The Morgan fingerprint density at radius 3 is 2.48 bits per heavy atom. The van der Waals surface area contributed by atoms with Gasteiger partial charge in [0.25, 0.3) is 5.91 Å². The second-order valence-electron chi connectivity index (χ2n) is 5.02. The zero-order chi connectivity index (χ0) is 16.4. The van der Waals surface area contributed by atoms with E-state index in [0.717, 1.165) is 10.5 Å². The molecule has 6 heteroatoms. The Hall–Kier alpha value is -2.66. The summed E-state index contributed by atoms with van der Waals surface area (Å²) < 4.78 is 13.7. The molecular formula is C17H12ClFN2O2. The molecule has 2 aromatic rings. The van der Waals surface area contributed by atoms with Gasteiger partial charge in [-0.2, -0.15) is 0 Å². The average molecular weight is 331 g/mol. The first-order chi connectivity index (χ1) is 11.0. The number of carbonyl (C=O) groups is 2. The quantitative estimate of drug-likeness (QED) is 0.691. The van der Waals surface area contributed by atoms with E-state index in [0.29, 0.717) is 5.02 Å². The van der Waals surface area contributed by atoms with Crippen LogP contribution in [0.3, 0.4) is 0 Å². The van der Waals surface area contributed by atoms with E-state index >= 15 is 0 Å². The van der Waals surface area contributed by atoms with Crippen LogP contribution in [0.4, 0.5) is 9.18 Å². The van der Waals surface area contributed by atoms with Gasteiger partial charge in [0, 0.05) is 10.6 Å². The van der Waals surface area contributed by atoms with E-state index in [1.807, 2.05) is 0 Å². The van der Waals surface area contributed by atoms with Gasteiger partial charge in [-0.1, -0.05) is 41.9 Å². The Labute approximate surface area is 137 Å². The fourth-order valence-electron chi connectivity index (χ4n) is 2.24. The predicted octanol–water partition coefficient (Wildman–Crippen LogP) is 3.57. The first-order valence-corrected chi connectivity index (χ1v) is 7.26. The minimum absolute atomic E-state index is 0.116. The molecule has 3 rings (SSSR count). The van der Waals surface area contributed by atoms with E-state index < -0.39 is 17.8 Å². The highest BCUT2D eigenvalue weighted by Gasteiger charge is 2.33. The van der Waals surface area contributed by atoms with Gasteiger partial charge in [-0.3, -0.25) is 9.69 Å². The molecule has 0 aliphatic carbocycles. The van der Waals surface area contributed by atoms with Crippen molar-refractivity contribution in [2.75, 3.05) is 0 Å². The van der Waals surface area contributed by atoms with Crippen LogP contribution in [-0.2, 0) is 11.3 Å². The van der Waals surface area contributed by atoms with Gasteiger partial charge >= 0.3 is 6.03 Å². The first kappa shape index (κ1) is 15.2. The number of nitrogens with one attached hydrogen (secondary N) is 1. The van der Waals surface area contributed by atoms with Gasteiger partial charge in [0.1, 0.15) is 11.5 Å². The van der Waals surface area contributed by atoms with Crippen molar-refractivity contribution >= 4 is 29.6 Å². The molecule has 23 heavy (non-hydrogen) atoms. The molecule has 1 heterocycles. The fourth-order valence-corrected chi connectivity index (χ4v) is 2.36. The number of hydrogen-bond acceptors (Lipinski definition) is 2. The van der Waals surface area contributed by atoms with Crippen LogP contribution < -0.4 is 5.32 Å². The number of carbonyl (C=O) groups excluding carboxylic acids is 2. The highest BCUT2D eigenvalue weighted by Crippen LogP contribution is 2.19. The number of rotatable bonds is 3. The smallest absolute Gasteiger partial charge is 0.303 e. The molecule has 116 valence electrons. The van der Waals surface area contributed by atoms with Crippen LogP contribution in [0.2, 0.25) is 5.02 Å². The molecule has 0 spiro atoms. The first-order valence-electron chi connectivity index (χ1n) is 6.88. The number of urea groups is 1. The van der Waals surface area contributed by atoms with Gasteiger partial charge in [0.05, 0.1) is 6.54 Å². The van der Waals surface area contributed by atoms with Crippen molar-refractivity contribution in [1.29, 1.82) is 0 Å². The average Bonchev–Trinajstić information content (AvgIpc) is 2.79. The van der Waals surface area contributed by atoms with Crippen LogP contribution in [0.15, 0.2) is 54.2 Å². The van der Waals surface area contributed by atoms with E-state index in [1.54, 1.807) is 42.5 Å². The molecule has 0 aromatic heterocycles. The lowest BCUT2D eigenvalue weighted by atomic mass is 10.2. The molecule has 2 aromatic carbocycles. The number of hydrogen-bond donors (Lipinski definition) is 1. The van der Waals surface area contributed by atoms with Crippen molar-refractivity contribution in [3.63, 3.8) is 0 Å². The van der Waals surface area contributed by atoms with E-state index in [9.17, 15) is 14.0 Å². The summed E-state index contributed by atoms with van der Waals surface area (Å²) in [4.78, 5) is 25.3. The van der Waals surface area contributed by atoms with Crippen LogP contribution >= 0.6 is 11.6 Å². The van der Waals surface area contributed by atoms with Gasteiger partial charge in [-0.25, -0.2) is 9.18 Å². The highest BCUT2D eigenvalue weighted by molar-refractivity contribution is 6.30. The van der Waals surface area contributed by atoms with Crippen molar-refractivity contribution in [3.05, 3.63) is 76.2 Å². The monoisotopic (exact) mass is 330 g/mol. The van der Waals surface area contributed by atoms with Crippen LogP contribution in [0.25, 0.3) is 6.08 Å². The van der Waals surface area contributed by atoms with Gasteiger partial charge in [0.15, 0.2) is 0 Å². The maximum atomic E-state index is 13.7. The maximum absolute atomic E-state index is 13.7. The number of imide groups is 1. The summed E-state index contributed by atoms with van der Waals surface area (Å²) in [5.74, 6) is -0.948. The van der Waals surface area contributed by atoms with Gasteiger partial charge in [-0.05, 0) is 29.8 Å². The molecule has 1 N–H and O–H groups in total. The minimum Gasteiger partial charge on any atom is -0.303 e. The summed E-state index contributed by atoms with van der Waals surface area (Å²) in [6, 6.07) is 12.3. The lowest BCUT2D eigenvalue weighted by Gasteiger charge is -2.12.